The summed E-state index contributed by atoms with van der Waals surface area (Å²) in [5.41, 5.74) is 0.389. The van der Waals surface area contributed by atoms with Crippen LogP contribution in [0.1, 0.15) is 0 Å². The van der Waals surface area contributed by atoms with Crippen molar-refractivity contribution in [1.29, 1.82) is 0 Å². The molecule has 0 atom stereocenters. The third-order valence-corrected chi connectivity index (χ3v) is 5.51. The maximum atomic E-state index is 12.0. The average Bonchev–Trinajstić information content (AvgIpc) is 2.77. The summed E-state index contributed by atoms with van der Waals surface area (Å²) in [6.07, 6.45) is 1.40. The van der Waals surface area contributed by atoms with Crippen LogP contribution in [0.25, 0.3) is 0 Å². The number of thiophene rings is 1. The Morgan fingerprint density at radius 1 is 1.33 bits per heavy atom. The maximum Gasteiger partial charge on any atom is 0.271 e. The van der Waals surface area contributed by atoms with Crippen LogP contribution in [-0.4, -0.2) is 20.5 Å². The zero-order valence-electron chi connectivity index (χ0n) is 9.25. The van der Waals surface area contributed by atoms with Crippen LogP contribution >= 0.6 is 27.3 Å². The normalized spacial score (nSPS) is 11.2. The molecule has 2 heterocycles. The predicted molar refractivity (Wildman–Crippen MR) is 73.6 cm³/mol. The van der Waals surface area contributed by atoms with Crippen LogP contribution in [-0.2, 0) is 10.0 Å². The number of hydrogen-bond acceptors (Lipinski definition) is 5. The maximum absolute atomic E-state index is 12.0. The van der Waals surface area contributed by atoms with Crippen LogP contribution < -0.4 is 9.46 Å². The Morgan fingerprint density at radius 3 is 2.61 bits per heavy atom. The Balaban J connectivity index is 2.22. The number of anilines is 1. The fourth-order valence-corrected chi connectivity index (χ4v) is 4.26. The van der Waals surface area contributed by atoms with Crippen molar-refractivity contribution >= 4 is 43.0 Å². The lowest BCUT2D eigenvalue weighted by atomic mass is 10.4. The van der Waals surface area contributed by atoms with Gasteiger partial charge < -0.3 is 4.74 Å². The van der Waals surface area contributed by atoms with E-state index in [-0.39, 0.29) is 4.21 Å². The Bertz CT molecular complexity index is 637. The van der Waals surface area contributed by atoms with E-state index in [1.54, 1.807) is 18.2 Å². The van der Waals surface area contributed by atoms with Gasteiger partial charge in [0, 0.05) is 6.07 Å². The second-order valence-corrected chi connectivity index (χ2v) is 7.63. The van der Waals surface area contributed by atoms with Gasteiger partial charge in [-0.25, -0.2) is 13.4 Å². The number of methoxy groups -OCH3 is 1. The fourth-order valence-electron chi connectivity index (χ4n) is 1.21. The second-order valence-electron chi connectivity index (χ2n) is 3.25. The van der Waals surface area contributed by atoms with Gasteiger partial charge in [-0.2, -0.15) is 0 Å². The van der Waals surface area contributed by atoms with E-state index in [9.17, 15) is 8.42 Å². The van der Waals surface area contributed by atoms with Gasteiger partial charge in [-0.05, 0) is 34.1 Å². The molecule has 0 aromatic carbocycles. The second kappa shape index (κ2) is 5.25. The molecule has 0 aliphatic heterocycles. The minimum atomic E-state index is -3.55. The zero-order valence-corrected chi connectivity index (χ0v) is 12.5. The van der Waals surface area contributed by atoms with Crippen LogP contribution in [0.3, 0.4) is 0 Å². The van der Waals surface area contributed by atoms with Crippen LogP contribution in [0.5, 0.6) is 5.88 Å². The van der Waals surface area contributed by atoms with E-state index in [1.165, 1.54) is 19.4 Å². The minimum Gasteiger partial charge on any atom is -0.481 e. The largest absolute Gasteiger partial charge is 0.481 e. The number of sulfonamides is 1. The van der Waals surface area contributed by atoms with Gasteiger partial charge in [0.15, 0.2) is 0 Å². The molecule has 96 valence electrons. The Morgan fingerprint density at radius 2 is 2.11 bits per heavy atom. The molecular formula is C10H9BrN2O3S2. The smallest absolute Gasteiger partial charge is 0.271 e. The molecule has 1 N–H and O–H groups in total. The van der Waals surface area contributed by atoms with Gasteiger partial charge in [0.05, 0.1) is 22.8 Å². The number of ether oxygens (including phenoxy) is 1. The molecule has 0 spiro atoms. The highest BCUT2D eigenvalue weighted by molar-refractivity contribution is 9.11. The standard InChI is InChI=1S/C10H9BrN2O3S2/c1-16-9-4-2-7(6-12-9)13-18(14,15)10-5-3-8(11)17-10/h2-6,13H,1H3. The fraction of sp³-hybridized carbons (Fsp3) is 0.100. The molecule has 0 bridgehead atoms. The van der Waals surface area contributed by atoms with Crippen LogP contribution in [0, 0.1) is 0 Å². The molecule has 8 heteroatoms. The monoisotopic (exact) mass is 348 g/mol. The van der Waals surface area contributed by atoms with Crippen molar-refractivity contribution < 1.29 is 13.2 Å². The van der Waals surface area contributed by atoms with Crippen molar-refractivity contribution in [2.45, 2.75) is 4.21 Å². The van der Waals surface area contributed by atoms with Crippen LogP contribution in [0.4, 0.5) is 5.69 Å². The molecule has 0 amide bonds. The van der Waals surface area contributed by atoms with Crippen molar-refractivity contribution in [1.82, 2.24) is 4.98 Å². The molecule has 0 saturated heterocycles. The molecule has 2 aromatic rings. The van der Waals surface area contributed by atoms with E-state index in [0.29, 0.717) is 11.6 Å². The molecule has 0 unspecified atom stereocenters. The van der Waals surface area contributed by atoms with E-state index in [1.807, 2.05) is 0 Å². The van der Waals surface area contributed by atoms with Crippen molar-refractivity contribution in [2.75, 3.05) is 11.8 Å². The molecule has 0 radical (unpaired) electrons. The van der Waals surface area contributed by atoms with Gasteiger partial charge in [0.1, 0.15) is 4.21 Å². The average molecular weight is 349 g/mol. The molecule has 0 saturated carbocycles. The summed E-state index contributed by atoms with van der Waals surface area (Å²) in [6, 6.07) is 6.40. The summed E-state index contributed by atoms with van der Waals surface area (Å²) < 4.78 is 32.3. The molecule has 0 aliphatic rings. The van der Waals surface area contributed by atoms with Gasteiger partial charge in [0.25, 0.3) is 10.0 Å². The lowest BCUT2D eigenvalue weighted by Crippen LogP contribution is -2.11. The number of rotatable bonds is 4. The van der Waals surface area contributed by atoms with E-state index in [0.717, 1.165) is 15.1 Å². The van der Waals surface area contributed by atoms with E-state index in [2.05, 4.69) is 25.6 Å². The zero-order chi connectivity index (χ0) is 13.2. The number of aromatic nitrogens is 1. The van der Waals surface area contributed by atoms with Gasteiger partial charge in [0.2, 0.25) is 5.88 Å². The van der Waals surface area contributed by atoms with Crippen LogP contribution in [0.15, 0.2) is 38.5 Å². The van der Waals surface area contributed by atoms with E-state index in [4.69, 9.17) is 4.74 Å². The number of pyridine rings is 1. The predicted octanol–water partition coefficient (Wildman–Crippen LogP) is 2.72. The summed E-state index contributed by atoms with van der Waals surface area (Å²) in [5.74, 6) is 0.428. The van der Waals surface area contributed by atoms with Crippen LogP contribution in [0.2, 0.25) is 0 Å². The highest BCUT2D eigenvalue weighted by atomic mass is 79.9. The molecule has 2 rings (SSSR count). The minimum absolute atomic E-state index is 0.241. The van der Waals surface area contributed by atoms with Gasteiger partial charge in [-0.3, -0.25) is 4.72 Å². The third kappa shape index (κ3) is 3.01. The molecule has 18 heavy (non-hydrogen) atoms. The molecular weight excluding hydrogens is 340 g/mol. The van der Waals surface area contributed by atoms with Gasteiger partial charge >= 0.3 is 0 Å². The Labute approximate surface area is 117 Å². The summed E-state index contributed by atoms with van der Waals surface area (Å²) >= 11 is 4.37. The number of halogens is 1. The van der Waals surface area contributed by atoms with Gasteiger partial charge in [-0.15, -0.1) is 11.3 Å². The highest BCUT2D eigenvalue weighted by Crippen LogP contribution is 2.27. The first-order valence-electron chi connectivity index (χ1n) is 4.79. The summed E-state index contributed by atoms with van der Waals surface area (Å²) in [6.45, 7) is 0. The Hall–Kier alpha value is -1.12. The Kier molecular flexibility index (Phi) is 3.88. The van der Waals surface area contributed by atoms with Crippen molar-refractivity contribution in [3.8, 4) is 5.88 Å². The topological polar surface area (TPSA) is 68.3 Å². The third-order valence-electron chi connectivity index (χ3n) is 2.01. The summed E-state index contributed by atoms with van der Waals surface area (Å²) in [4.78, 5) is 3.93. The van der Waals surface area contributed by atoms with E-state index < -0.39 is 10.0 Å². The highest BCUT2D eigenvalue weighted by Gasteiger charge is 2.16. The number of hydrogen-bond donors (Lipinski definition) is 1. The molecule has 5 nitrogen and oxygen atoms in total. The van der Waals surface area contributed by atoms with E-state index >= 15 is 0 Å². The molecule has 2 aromatic heterocycles. The number of nitrogens with zero attached hydrogens (tertiary/aromatic N) is 1. The lowest BCUT2D eigenvalue weighted by molar-refractivity contribution is 0.398. The molecule has 0 aliphatic carbocycles. The first-order chi connectivity index (χ1) is 8.51. The number of nitrogens with one attached hydrogen (secondary N) is 1. The van der Waals surface area contributed by atoms with Crippen molar-refractivity contribution in [2.24, 2.45) is 0 Å². The quantitative estimate of drug-likeness (QED) is 0.922. The van der Waals surface area contributed by atoms with Gasteiger partial charge in [-0.1, -0.05) is 0 Å². The van der Waals surface area contributed by atoms with Crippen molar-refractivity contribution in [3.05, 3.63) is 34.2 Å². The molecule has 0 fully saturated rings. The first kappa shape index (κ1) is 13.3. The summed E-state index contributed by atoms with van der Waals surface area (Å²) in [5, 5.41) is 0. The first-order valence-corrected chi connectivity index (χ1v) is 7.89. The SMILES string of the molecule is COc1ccc(NS(=O)(=O)c2ccc(Br)s2)cn1. The summed E-state index contributed by atoms with van der Waals surface area (Å²) in [7, 11) is -2.06. The van der Waals surface area contributed by atoms with Crippen molar-refractivity contribution in [3.63, 3.8) is 0 Å². The lowest BCUT2D eigenvalue weighted by Gasteiger charge is -2.06.